The van der Waals surface area contributed by atoms with E-state index in [-0.39, 0.29) is 58.4 Å². The molecule has 0 radical (unpaired) electrons. The van der Waals surface area contributed by atoms with Crippen LogP contribution in [0.5, 0.6) is 5.75 Å². The molecule has 1 aliphatic rings. The second-order valence-corrected chi connectivity index (χ2v) is 10.7. The van der Waals surface area contributed by atoms with E-state index < -0.39 is 47.5 Å². The van der Waals surface area contributed by atoms with Crippen molar-refractivity contribution in [1.82, 2.24) is 24.8 Å². The lowest BCUT2D eigenvalue weighted by molar-refractivity contribution is -0.152. The number of aromatic nitrogens is 4. The van der Waals surface area contributed by atoms with Gasteiger partial charge in [0.2, 0.25) is 5.89 Å². The summed E-state index contributed by atoms with van der Waals surface area (Å²) in [5.41, 5.74) is 3.11. The number of aliphatic hydroxyl groups is 1. The maximum Gasteiger partial charge on any atom is 0.433 e. The molecule has 5 rings (SSSR count). The van der Waals surface area contributed by atoms with Gasteiger partial charge in [0.05, 0.1) is 25.8 Å². The summed E-state index contributed by atoms with van der Waals surface area (Å²) in [4.78, 5) is 44.7. The lowest BCUT2D eigenvalue weighted by Crippen LogP contribution is -2.43. The SMILES string of the molecule is COc1ccc(-c2nc(C(=O)N3C[C@](O)(c4ncccn4)C[C@H]3C(=O)OC(C)C)c([C@H](C)N)o2)c2ccc(C(F)(F)F)nc12. The first-order valence-electron chi connectivity index (χ1n) is 13.6. The molecule has 4 heterocycles. The van der Waals surface area contributed by atoms with Crippen LogP contribution in [0.4, 0.5) is 13.2 Å². The van der Waals surface area contributed by atoms with E-state index in [4.69, 9.17) is 19.6 Å². The van der Waals surface area contributed by atoms with E-state index in [1.165, 1.54) is 37.7 Å². The number of halogens is 3. The van der Waals surface area contributed by atoms with Gasteiger partial charge in [-0.1, -0.05) is 0 Å². The molecule has 1 aliphatic heterocycles. The van der Waals surface area contributed by atoms with Gasteiger partial charge < -0.3 is 29.6 Å². The van der Waals surface area contributed by atoms with Gasteiger partial charge in [0, 0.05) is 29.8 Å². The maximum atomic E-state index is 14.1. The summed E-state index contributed by atoms with van der Waals surface area (Å²) >= 11 is 0. The van der Waals surface area contributed by atoms with E-state index in [1.807, 2.05) is 0 Å². The van der Waals surface area contributed by atoms with Gasteiger partial charge in [0.1, 0.15) is 28.6 Å². The van der Waals surface area contributed by atoms with Crippen molar-refractivity contribution in [3.05, 3.63) is 65.7 Å². The number of carbonyl (C=O) groups is 2. The number of esters is 1. The fraction of sp³-hybridized carbons (Fsp3) is 0.379. The van der Waals surface area contributed by atoms with Gasteiger partial charge in [-0.3, -0.25) is 4.79 Å². The molecule has 0 unspecified atom stereocenters. The predicted molar refractivity (Wildman–Crippen MR) is 148 cm³/mol. The Labute approximate surface area is 249 Å². The lowest BCUT2D eigenvalue weighted by atomic mass is 9.99. The van der Waals surface area contributed by atoms with E-state index in [0.29, 0.717) is 0 Å². The number of carbonyl (C=O) groups excluding carboxylic acids is 2. The minimum absolute atomic E-state index is 0.0151. The summed E-state index contributed by atoms with van der Waals surface area (Å²) in [6.07, 6.45) is -2.60. The number of alkyl halides is 3. The monoisotopic (exact) mass is 614 g/mol. The Kier molecular flexibility index (Phi) is 8.03. The number of rotatable bonds is 7. The summed E-state index contributed by atoms with van der Waals surface area (Å²) in [5, 5.41) is 11.7. The number of hydrogen-bond acceptors (Lipinski definition) is 11. The molecule has 0 saturated carbocycles. The first kappa shape index (κ1) is 30.8. The normalized spacial score (nSPS) is 19.4. The van der Waals surface area contributed by atoms with E-state index in [1.54, 1.807) is 26.8 Å². The van der Waals surface area contributed by atoms with Gasteiger partial charge in [-0.05, 0) is 51.1 Å². The van der Waals surface area contributed by atoms with Gasteiger partial charge in [-0.2, -0.15) is 13.2 Å². The highest BCUT2D eigenvalue weighted by molar-refractivity contribution is 5.99. The highest BCUT2D eigenvalue weighted by Crippen LogP contribution is 2.39. The number of hydrogen-bond donors (Lipinski definition) is 2. The number of oxazole rings is 1. The van der Waals surface area contributed by atoms with Crippen LogP contribution in [0.3, 0.4) is 0 Å². The van der Waals surface area contributed by atoms with Crippen LogP contribution in [0, 0.1) is 0 Å². The molecule has 3 atom stereocenters. The Hall–Kier alpha value is -4.63. The van der Waals surface area contributed by atoms with Gasteiger partial charge in [0.15, 0.2) is 17.3 Å². The van der Waals surface area contributed by atoms with E-state index in [0.717, 1.165) is 11.0 Å². The molecule has 232 valence electrons. The van der Waals surface area contributed by atoms with Crippen molar-refractivity contribution in [2.45, 2.75) is 57.2 Å². The van der Waals surface area contributed by atoms with Gasteiger partial charge in [-0.25, -0.2) is 24.7 Å². The maximum absolute atomic E-state index is 14.1. The van der Waals surface area contributed by atoms with Crippen LogP contribution in [0.15, 0.2) is 47.1 Å². The Balaban J connectivity index is 1.60. The first-order valence-corrected chi connectivity index (χ1v) is 13.6. The Morgan fingerprint density at radius 1 is 1.14 bits per heavy atom. The zero-order valence-corrected chi connectivity index (χ0v) is 24.1. The zero-order valence-electron chi connectivity index (χ0n) is 24.1. The third kappa shape index (κ3) is 5.67. The number of β-amino-alcohol motifs (C(OH)–C–C–N with tert-alkyl or cyclic N) is 1. The average Bonchev–Trinajstić information content (AvgIpc) is 3.59. The molecule has 15 heteroatoms. The number of nitrogens with two attached hydrogens (primary N) is 1. The average molecular weight is 615 g/mol. The first-order chi connectivity index (χ1) is 20.7. The minimum Gasteiger partial charge on any atom is -0.494 e. The molecule has 0 spiro atoms. The van der Waals surface area contributed by atoms with Crippen LogP contribution in [0.1, 0.15) is 61.0 Å². The van der Waals surface area contributed by atoms with Crippen molar-refractivity contribution in [1.29, 1.82) is 0 Å². The molecule has 3 aromatic heterocycles. The number of methoxy groups -OCH3 is 1. The van der Waals surface area contributed by atoms with E-state index in [2.05, 4.69) is 19.9 Å². The van der Waals surface area contributed by atoms with E-state index >= 15 is 0 Å². The van der Waals surface area contributed by atoms with Gasteiger partial charge in [0.25, 0.3) is 5.91 Å². The quantitative estimate of drug-likeness (QED) is 0.291. The van der Waals surface area contributed by atoms with Gasteiger partial charge >= 0.3 is 12.1 Å². The fourth-order valence-corrected chi connectivity index (χ4v) is 5.07. The third-order valence-electron chi connectivity index (χ3n) is 7.04. The molecule has 3 N–H and O–H groups in total. The Morgan fingerprint density at radius 2 is 1.84 bits per heavy atom. The molecule has 0 bridgehead atoms. The zero-order chi connectivity index (χ0) is 32.0. The van der Waals surface area contributed by atoms with Crippen LogP contribution >= 0.6 is 0 Å². The van der Waals surface area contributed by atoms with Crippen molar-refractivity contribution in [3.63, 3.8) is 0 Å². The van der Waals surface area contributed by atoms with Crippen LogP contribution in [-0.2, 0) is 21.3 Å². The fourth-order valence-electron chi connectivity index (χ4n) is 5.07. The molecule has 1 aromatic carbocycles. The number of ether oxygens (including phenoxy) is 2. The number of nitrogens with zero attached hydrogens (tertiary/aromatic N) is 5. The van der Waals surface area contributed by atoms with E-state index in [9.17, 15) is 27.9 Å². The van der Waals surface area contributed by atoms with Crippen LogP contribution < -0.4 is 10.5 Å². The van der Waals surface area contributed by atoms with Gasteiger partial charge in [-0.15, -0.1) is 0 Å². The van der Waals surface area contributed by atoms with Crippen molar-refractivity contribution in [2.75, 3.05) is 13.7 Å². The number of likely N-dealkylation sites (tertiary alicyclic amines) is 1. The number of pyridine rings is 1. The van der Waals surface area contributed by atoms with Crippen LogP contribution in [-0.4, -0.2) is 67.6 Å². The summed E-state index contributed by atoms with van der Waals surface area (Å²) in [7, 11) is 1.30. The summed E-state index contributed by atoms with van der Waals surface area (Å²) in [6, 6.07) is 4.39. The molecule has 1 amide bonds. The predicted octanol–water partition coefficient (Wildman–Crippen LogP) is 3.78. The molecule has 1 saturated heterocycles. The molecule has 0 aliphatic carbocycles. The molecule has 44 heavy (non-hydrogen) atoms. The Morgan fingerprint density at radius 3 is 2.45 bits per heavy atom. The van der Waals surface area contributed by atoms with Crippen molar-refractivity contribution in [2.24, 2.45) is 5.73 Å². The topological polar surface area (TPSA) is 167 Å². The van der Waals surface area contributed by atoms with Crippen molar-refractivity contribution in [3.8, 4) is 17.2 Å². The van der Waals surface area contributed by atoms with Crippen LogP contribution in [0.25, 0.3) is 22.4 Å². The molecular weight excluding hydrogens is 585 g/mol. The highest BCUT2D eigenvalue weighted by Gasteiger charge is 2.52. The van der Waals surface area contributed by atoms with Crippen LogP contribution in [0.2, 0.25) is 0 Å². The summed E-state index contributed by atoms with van der Waals surface area (Å²) in [6.45, 7) is 4.47. The summed E-state index contributed by atoms with van der Waals surface area (Å²) in [5.74, 6) is -1.62. The number of benzene rings is 1. The second kappa shape index (κ2) is 11.5. The number of fused-ring (bicyclic) bond motifs is 1. The minimum atomic E-state index is -4.70. The van der Waals surface area contributed by atoms with Crippen molar-refractivity contribution < 1.29 is 41.8 Å². The lowest BCUT2D eigenvalue weighted by Gasteiger charge is -2.23. The van der Waals surface area contributed by atoms with Crippen molar-refractivity contribution >= 4 is 22.8 Å². The Bertz CT molecular complexity index is 1710. The molecular formula is C29H29F3N6O6. The molecule has 1 fully saturated rings. The standard InChI is InChI=1S/C29H29F3N6O6/c1-14(2)43-26(40)18-12-28(41,27-34-10-5-11-35-27)13-38(18)25(39)22-23(15(3)33)44-24(37-22)17-6-8-19(42-4)21-16(17)7-9-20(36-21)29(30,31)32/h5-11,14-15,18,41H,12-13,33H2,1-4H3/t15-,18-,28-/m0/s1. The third-order valence-corrected chi connectivity index (χ3v) is 7.04. The largest absolute Gasteiger partial charge is 0.494 e. The molecule has 12 nitrogen and oxygen atoms in total. The highest BCUT2D eigenvalue weighted by atomic mass is 19.4. The smallest absolute Gasteiger partial charge is 0.433 e. The summed E-state index contributed by atoms with van der Waals surface area (Å²) < 4.78 is 56.8. The molecule has 4 aromatic rings. The number of amides is 1. The second-order valence-electron chi connectivity index (χ2n) is 10.7.